The van der Waals surface area contributed by atoms with Gasteiger partial charge in [0.1, 0.15) is 5.82 Å². The molecule has 0 aromatic heterocycles. The molecule has 1 aromatic rings. The first-order chi connectivity index (χ1) is 8.04. The largest absolute Gasteiger partial charge is 0.317 e. The summed E-state index contributed by atoms with van der Waals surface area (Å²) in [6, 6.07) is 5.52. The van der Waals surface area contributed by atoms with Gasteiger partial charge in [-0.1, -0.05) is 31.5 Å². The number of aryl methyl sites for hydroxylation is 1. The Morgan fingerprint density at radius 2 is 2.06 bits per heavy atom. The molecular weight excluding hydrogens is 237 g/mol. The second-order valence-electron chi connectivity index (χ2n) is 4.78. The first-order valence-electron chi connectivity index (χ1n) is 6.15. The minimum Gasteiger partial charge on any atom is -0.317 e. The molecule has 0 aliphatic rings. The predicted octanol–water partition coefficient (Wildman–Crippen LogP) is 4.05. The maximum Gasteiger partial charge on any atom is 0.141 e. The van der Waals surface area contributed by atoms with Crippen molar-refractivity contribution in [1.82, 2.24) is 5.32 Å². The quantitative estimate of drug-likeness (QED) is 0.811. The molecular formula is C14H21ClFN. The van der Waals surface area contributed by atoms with Gasteiger partial charge in [0.05, 0.1) is 5.02 Å². The van der Waals surface area contributed by atoms with Gasteiger partial charge in [0.15, 0.2) is 0 Å². The highest BCUT2D eigenvalue weighted by Crippen LogP contribution is 2.18. The Labute approximate surface area is 108 Å². The molecule has 1 atom stereocenters. The molecule has 1 rings (SSSR count). The fourth-order valence-electron chi connectivity index (χ4n) is 2.03. The van der Waals surface area contributed by atoms with Crippen LogP contribution >= 0.6 is 11.6 Å². The molecule has 0 amide bonds. The van der Waals surface area contributed by atoms with Gasteiger partial charge >= 0.3 is 0 Å². The van der Waals surface area contributed by atoms with Crippen LogP contribution in [0.4, 0.5) is 4.39 Å². The van der Waals surface area contributed by atoms with Crippen molar-refractivity contribution in [2.24, 2.45) is 5.92 Å². The van der Waals surface area contributed by atoms with Crippen molar-refractivity contribution in [3.63, 3.8) is 0 Å². The van der Waals surface area contributed by atoms with E-state index < -0.39 is 0 Å². The van der Waals surface area contributed by atoms with Crippen LogP contribution in [0.5, 0.6) is 0 Å². The lowest BCUT2D eigenvalue weighted by Crippen LogP contribution is -2.30. The van der Waals surface area contributed by atoms with E-state index in [4.69, 9.17) is 11.6 Å². The molecule has 0 spiro atoms. The summed E-state index contributed by atoms with van der Waals surface area (Å²) in [5, 5.41) is 3.54. The number of benzene rings is 1. The Bertz CT molecular complexity index is 352. The van der Waals surface area contributed by atoms with E-state index in [0.717, 1.165) is 24.8 Å². The fourth-order valence-corrected chi connectivity index (χ4v) is 2.24. The monoisotopic (exact) mass is 257 g/mol. The fraction of sp³-hybridized carbons (Fsp3) is 0.571. The normalized spacial score (nSPS) is 13.1. The van der Waals surface area contributed by atoms with E-state index in [2.05, 4.69) is 19.2 Å². The summed E-state index contributed by atoms with van der Waals surface area (Å²) in [6.45, 7) is 4.44. The minimum absolute atomic E-state index is 0.219. The first-order valence-corrected chi connectivity index (χ1v) is 6.53. The van der Waals surface area contributed by atoms with E-state index in [1.165, 1.54) is 6.07 Å². The zero-order chi connectivity index (χ0) is 12.8. The standard InChI is InChI=1S/C14H21ClFN/c1-10(2)14(17-3)6-4-5-11-7-8-13(16)12(15)9-11/h7-10,14,17H,4-6H2,1-3H3. The van der Waals surface area contributed by atoms with Crippen LogP contribution in [0.25, 0.3) is 0 Å². The third-order valence-corrected chi connectivity index (χ3v) is 3.43. The van der Waals surface area contributed by atoms with Gasteiger partial charge in [-0.25, -0.2) is 4.39 Å². The molecule has 0 aliphatic heterocycles. The molecule has 0 heterocycles. The third kappa shape index (κ3) is 4.64. The lowest BCUT2D eigenvalue weighted by atomic mass is 9.97. The van der Waals surface area contributed by atoms with Gasteiger partial charge in [0.2, 0.25) is 0 Å². The van der Waals surface area contributed by atoms with E-state index in [1.54, 1.807) is 6.07 Å². The summed E-state index contributed by atoms with van der Waals surface area (Å²) in [6.07, 6.45) is 3.17. The van der Waals surface area contributed by atoms with Crippen LogP contribution in [-0.2, 0) is 6.42 Å². The zero-order valence-electron chi connectivity index (χ0n) is 10.8. The number of nitrogens with one attached hydrogen (secondary N) is 1. The van der Waals surface area contributed by atoms with E-state index in [0.29, 0.717) is 12.0 Å². The van der Waals surface area contributed by atoms with Crippen molar-refractivity contribution in [3.8, 4) is 0 Å². The summed E-state index contributed by atoms with van der Waals surface area (Å²) in [7, 11) is 2.00. The molecule has 1 N–H and O–H groups in total. The van der Waals surface area contributed by atoms with Crippen molar-refractivity contribution >= 4 is 11.6 Å². The van der Waals surface area contributed by atoms with Crippen molar-refractivity contribution in [1.29, 1.82) is 0 Å². The molecule has 1 aromatic carbocycles. The van der Waals surface area contributed by atoms with Crippen LogP contribution in [0.1, 0.15) is 32.3 Å². The Morgan fingerprint density at radius 1 is 1.35 bits per heavy atom. The highest BCUT2D eigenvalue weighted by Gasteiger charge is 2.10. The van der Waals surface area contributed by atoms with Crippen LogP contribution in [-0.4, -0.2) is 13.1 Å². The van der Waals surface area contributed by atoms with Gasteiger partial charge < -0.3 is 5.32 Å². The van der Waals surface area contributed by atoms with E-state index in [9.17, 15) is 4.39 Å². The zero-order valence-corrected chi connectivity index (χ0v) is 11.5. The highest BCUT2D eigenvalue weighted by molar-refractivity contribution is 6.30. The highest BCUT2D eigenvalue weighted by atomic mass is 35.5. The first kappa shape index (κ1) is 14.5. The van der Waals surface area contributed by atoms with E-state index in [-0.39, 0.29) is 10.8 Å². The Kier molecular flexibility index (Phi) is 5.93. The van der Waals surface area contributed by atoms with Gasteiger partial charge in [-0.2, -0.15) is 0 Å². The lowest BCUT2D eigenvalue weighted by Gasteiger charge is -2.19. The van der Waals surface area contributed by atoms with Crippen LogP contribution in [0.2, 0.25) is 5.02 Å². The molecule has 1 unspecified atom stereocenters. The summed E-state index contributed by atoms with van der Waals surface area (Å²) in [5.74, 6) is 0.294. The molecule has 0 radical (unpaired) electrons. The summed E-state index contributed by atoms with van der Waals surface area (Å²) in [4.78, 5) is 0. The van der Waals surface area contributed by atoms with Crippen molar-refractivity contribution in [2.75, 3.05) is 7.05 Å². The Hall–Kier alpha value is -0.600. The lowest BCUT2D eigenvalue weighted by molar-refractivity contribution is 0.393. The molecule has 1 nitrogen and oxygen atoms in total. The maximum absolute atomic E-state index is 13.0. The molecule has 96 valence electrons. The molecule has 0 fully saturated rings. The van der Waals surface area contributed by atoms with Gasteiger partial charge in [0.25, 0.3) is 0 Å². The summed E-state index contributed by atoms with van der Waals surface area (Å²) in [5.41, 5.74) is 1.11. The van der Waals surface area contributed by atoms with E-state index in [1.807, 2.05) is 13.1 Å². The average Bonchev–Trinajstić information content (AvgIpc) is 2.28. The maximum atomic E-state index is 13.0. The SMILES string of the molecule is CNC(CCCc1ccc(F)c(Cl)c1)C(C)C. The average molecular weight is 258 g/mol. The molecule has 17 heavy (non-hydrogen) atoms. The molecule has 0 saturated heterocycles. The molecule has 0 bridgehead atoms. The third-order valence-electron chi connectivity index (χ3n) is 3.14. The second kappa shape index (κ2) is 6.97. The van der Waals surface area contributed by atoms with Crippen molar-refractivity contribution < 1.29 is 4.39 Å². The van der Waals surface area contributed by atoms with E-state index >= 15 is 0 Å². The van der Waals surface area contributed by atoms with Crippen LogP contribution in [0.15, 0.2) is 18.2 Å². The van der Waals surface area contributed by atoms with Crippen LogP contribution < -0.4 is 5.32 Å². The number of hydrogen-bond acceptors (Lipinski definition) is 1. The topological polar surface area (TPSA) is 12.0 Å². The Balaban J connectivity index is 2.42. The molecule has 0 aliphatic carbocycles. The van der Waals surface area contributed by atoms with Gasteiger partial charge in [-0.15, -0.1) is 0 Å². The van der Waals surface area contributed by atoms with Crippen LogP contribution in [0, 0.1) is 11.7 Å². The van der Waals surface area contributed by atoms with Gasteiger partial charge in [0, 0.05) is 6.04 Å². The number of hydrogen-bond donors (Lipinski definition) is 1. The summed E-state index contributed by atoms with van der Waals surface area (Å²) < 4.78 is 13.0. The molecule has 0 saturated carbocycles. The van der Waals surface area contributed by atoms with Crippen LogP contribution in [0.3, 0.4) is 0 Å². The van der Waals surface area contributed by atoms with Crippen molar-refractivity contribution in [2.45, 2.75) is 39.2 Å². The van der Waals surface area contributed by atoms with Gasteiger partial charge in [-0.05, 0) is 49.9 Å². The van der Waals surface area contributed by atoms with Gasteiger partial charge in [-0.3, -0.25) is 0 Å². The number of rotatable bonds is 6. The minimum atomic E-state index is -0.342. The summed E-state index contributed by atoms with van der Waals surface area (Å²) >= 11 is 5.75. The second-order valence-corrected chi connectivity index (χ2v) is 5.19. The Morgan fingerprint density at radius 3 is 2.59 bits per heavy atom. The predicted molar refractivity (Wildman–Crippen MR) is 72.0 cm³/mol. The smallest absolute Gasteiger partial charge is 0.141 e. The molecule has 3 heteroatoms. The number of halogens is 2. The van der Waals surface area contributed by atoms with Crippen molar-refractivity contribution in [3.05, 3.63) is 34.6 Å².